The minimum Gasteiger partial charge on any atom is -0.345 e. The van der Waals surface area contributed by atoms with Gasteiger partial charge in [-0.15, -0.1) is 0 Å². The predicted molar refractivity (Wildman–Crippen MR) is 84.0 cm³/mol. The molecule has 21 heavy (non-hydrogen) atoms. The summed E-state index contributed by atoms with van der Waals surface area (Å²) in [6, 6.07) is 7.11. The molecule has 1 aliphatic rings. The molecular weight excluding hydrogens is 334 g/mol. The topological polar surface area (TPSA) is 62.3 Å². The maximum absolute atomic E-state index is 12.3. The minimum atomic E-state index is -0.484. The number of fused-ring (bicyclic) bond motifs is 1. The van der Waals surface area contributed by atoms with Gasteiger partial charge in [0.05, 0.1) is 17.7 Å². The first-order valence-corrected chi connectivity index (χ1v) is 7.55. The zero-order chi connectivity index (χ0) is 15.0. The lowest BCUT2D eigenvalue weighted by Crippen LogP contribution is -2.58. The van der Waals surface area contributed by atoms with Gasteiger partial charge in [-0.3, -0.25) is 19.5 Å². The normalized spacial score (nSPS) is 19.0. The second kappa shape index (κ2) is 5.44. The maximum atomic E-state index is 12.3. The van der Waals surface area contributed by atoms with Crippen molar-refractivity contribution in [1.82, 2.24) is 10.3 Å². The number of nitrogens with zero attached hydrogens (tertiary/aromatic N) is 2. The van der Waals surface area contributed by atoms with Crippen LogP contribution in [0.15, 0.2) is 34.9 Å². The van der Waals surface area contributed by atoms with E-state index in [1.54, 1.807) is 11.1 Å². The van der Waals surface area contributed by atoms with Gasteiger partial charge in [0.1, 0.15) is 6.04 Å². The number of carbonyl (C=O) groups is 2. The molecule has 1 aliphatic heterocycles. The number of pyridine rings is 1. The van der Waals surface area contributed by atoms with Gasteiger partial charge in [0.15, 0.2) is 0 Å². The van der Waals surface area contributed by atoms with Gasteiger partial charge in [-0.05, 0) is 34.5 Å². The average Bonchev–Trinajstić information content (AvgIpc) is 2.48. The smallest absolute Gasteiger partial charge is 0.247 e. The summed E-state index contributed by atoms with van der Waals surface area (Å²) in [5.74, 6) is -0.232. The van der Waals surface area contributed by atoms with E-state index in [9.17, 15) is 9.59 Å². The van der Waals surface area contributed by atoms with Gasteiger partial charge in [0.25, 0.3) is 0 Å². The monoisotopic (exact) mass is 347 g/mol. The first kappa shape index (κ1) is 14.0. The Balaban J connectivity index is 2.18. The lowest BCUT2D eigenvalue weighted by atomic mass is 10.1. The molecule has 1 aromatic heterocycles. The van der Waals surface area contributed by atoms with E-state index in [0.717, 1.165) is 15.4 Å². The first-order valence-electron chi connectivity index (χ1n) is 6.76. The molecule has 0 aliphatic carbocycles. The molecule has 6 heteroatoms. The number of aromatic nitrogens is 1. The van der Waals surface area contributed by atoms with E-state index < -0.39 is 6.04 Å². The fourth-order valence-corrected chi connectivity index (χ4v) is 2.99. The molecule has 1 saturated heterocycles. The standard InChI is InChI=1S/C15H14BrN3O2/c1-2-11-15(21)18-8-13(20)19(11)12-5-3-4-9-6-10(16)7-17-14(9)12/h3-7,11H,2,8H2,1H3,(H,18,21). The van der Waals surface area contributed by atoms with E-state index in [2.05, 4.69) is 26.2 Å². The van der Waals surface area contributed by atoms with Crippen molar-refractivity contribution < 1.29 is 9.59 Å². The molecule has 1 atom stereocenters. The van der Waals surface area contributed by atoms with Gasteiger partial charge in [-0.1, -0.05) is 19.1 Å². The number of carbonyl (C=O) groups excluding carboxylic acids is 2. The number of nitrogens with one attached hydrogen (secondary N) is 1. The van der Waals surface area contributed by atoms with Crippen molar-refractivity contribution in [2.45, 2.75) is 19.4 Å². The molecule has 3 rings (SSSR count). The summed E-state index contributed by atoms with van der Waals surface area (Å²) >= 11 is 3.39. The lowest BCUT2D eigenvalue weighted by molar-refractivity contribution is -0.131. The summed E-state index contributed by atoms with van der Waals surface area (Å²) < 4.78 is 0.877. The highest BCUT2D eigenvalue weighted by Crippen LogP contribution is 2.30. The molecule has 5 nitrogen and oxygen atoms in total. The third-order valence-electron chi connectivity index (χ3n) is 3.60. The van der Waals surface area contributed by atoms with Crippen LogP contribution >= 0.6 is 15.9 Å². The van der Waals surface area contributed by atoms with Crippen molar-refractivity contribution in [3.05, 3.63) is 34.9 Å². The van der Waals surface area contributed by atoms with Crippen molar-refractivity contribution in [2.75, 3.05) is 11.4 Å². The van der Waals surface area contributed by atoms with E-state index in [-0.39, 0.29) is 18.4 Å². The molecule has 2 aromatic rings. The van der Waals surface area contributed by atoms with E-state index in [0.29, 0.717) is 12.1 Å². The Labute approximate surface area is 130 Å². The van der Waals surface area contributed by atoms with Crippen LogP contribution < -0.4 is 10.2 Å². The largest absolute Gasteiger partial charge is 0.345 e. The van der Waals surface area contributed by atoms with Gasteiger partial charge in [0.2, 0.25) is 11.8 Å². The number of benzene rings is 1. The van der Waals surface area contributed by atoms with Crippen LogP contribution in [0.25, 0.3) is 10.9 Å². The molecule has 1 aromatic carbocycles. The van der Waals surface area contributed by atoms with Gasteiger partial charge < -0.3 is 5.32 Å². The van der Waals surface area contributed by atoms with Crippen LogP contribution in [-0.2, 0) is 9.59 Å². The quantitative estimate of drug-likeness (QED) is 0.906. The average molecular weight is 348 g/mol. The number of halogens is 1. The zero-order valence-electron chi connectivity index (χ0n) is 11.5. The van der Waals surface area contributed by atoms with Gasteiger partial charge in [0, 0.05) is 16.1 Å². The summed E-state index contributed by atoms with van der Waals surface area (Å²) in [4.78, 5) is 30.3. The van der Waals surface area contributed by atoms with Gasteiger partial charge in [-0.25, -0.2) is 0 Å². The fourth-order valence-electron chi connectivity index (χ4n) is 2.64. The number of anilines is 1. The summed E-state index contributed by atoms with van der Waals surface area (Å²) in [6.45, 7) is 1.92. The van der Waals surface area contributed by atoms with Crippen LogP contribution in [0.5, 0.6) is 0 Å². The highest BCUT2D eigenvalue weighted by atomic mass is 79.9. The molecular formula is C15H14BrN3O2. The Kier molecular flexibility index (Phi) is 3.63. The number of piperazine rings is 1. The third-order valence-corrected chi connectivity index (χ3v) is 4.03. The molecule has 0 bridgehead atoms. The van der Waals surface area contributed by atoms with Crippen LogP contribution in [0.2, 0.25) is 0 Å². The number of hydrogen-bond donors (Lipinski definition) is 1. The molecule has 1 fully saturated rings. The minimum absolute atomic E-state index is 0.0300. The summed E-state index contributed by atoms with van der Waals surface area (Å²) in [5.41, 5.74) is 1.41. The Bertz CT molecular complexity index is 732. The molecule has 0 spiro atoms. The number of amides is 2. The summed E-state index contributed by atoms with van der Waals surface area (Å²) in [6.07, 6.45) is 2.26. The van der Waals surface area contributed by atoms with Crippen molar-refractivity contribution in [1.29, 1.82) is 0 Å². The second-order valence-electron chi connectivity index (χ2n) is 4.91. The highest BCUT2D eigenvalue weighted by Gasteiger charge is 2.35. The Morgan fingerprint density at radius 1 is 1.43 bits per heavy atom. The van der Waals surface area contributed by atoms with Crippen LogP contribution in [0.4, 0.5) is 5.69 Å². The Morgan fingerprint density at radius 2 is 2.24 bits per heavy atom. The maximum Gasteiger partial charge on any atom is 0.247 e. The van der Waals surface area contributed by atoms with Gasteiger partial charge in [-0.2, -0.15) is 0 Å². The van der Waals surface area contributed by atoms with Crippen molar-refractivity contribution >= 4 is 44.3 Å². The predicted octanol–water partition coefficient (Wildman–Crippen LogP) is 2.24. The SMILES string of the molecule is CCC1C(=O)NCC(=O)N1c1cccc2cc(Br)cnc12. The Hall–Kier alpha value is -1.95. The summed E-state index contributed by atoms with van der Waals surface area (Å²) in [7, 11) is 0. The second-order valence-corrected chi connectivity index (χ2v) is 5.82. The van der Waals surface area contributed by atoms with Crippen LogP contribution in [0, 0.1) is 0 Å². The lowest BCUT2D eigenvalue weighted by Gasteiger charge is -2.34. The van der Waals surface area contributed by atoms with Crippen LogP contribution in [-0.4, -0.2) is 29.4 Å². The molecule has 108 valence electrons. The highest BCUT2D eigenvalue weighted by molar-refractivity contribution is 9.10. The third kappa shape index (κ3) is 2.40. The molecule has 0 saturated carbocycles. The zero-order valence-corrected chi connectivity index (χ0v) is 13.1. The molecule has 2 heterocycles. The number of rotatable bonds is 2. The summed E-state index contributed by atoms with van der Waals surface area (Å²) in [5, 5.41) is 3.56. The first-order chi connectivity index (χ1) is 10.1. The number of para-hydroxylation sites is 1. The molecule has 1 N–H and O–H groups in total. The molecule has 0 radical (unpaired) electrons. The molecule has 1 unspecified atom stereocenters. The van der Waals surface area contributed by atoms with Gasteiger partial charge >= 0.3 is 0 Å². The van der Waals surface area contributed by atoms with E-state index in [1.165, 1.54) is 0 Å². The van der Waals surface area contributed by atoms with Crippen LogP contribution in [0.3, 0.4) is 0 Å². The van der Waals surface area contributed by atoms with Crippen LogP contribution in [0.1, 0.15) is 13.3 Å². The molecule has 2 amide bonds. The van der Waals surface area contributed by atoms with E-state index >= 15 is 0 Å². The van der Waals surface area contributed by atoms with Crippen molar-refractivity contribution in [2.24, 2.45) is 0 Å². The van der Waals surface area contributed by atoms with E-state index in [1.807, 2.05) is 31.2 Å². The Morgan fingerprint density at radius 3 is 3.00 bits per heavy atom. The van der Waals surface area contributed by atoms with E-state index in [4.69, 9.17) is 0 Å². The van der Waals surface area contributed by atoms with Crippen molar-refractivity contribution in [3.63, 3.8) is 0 Å². The van der Waals surface area contributed by atoms with Crippen molar-refractivity contribution in [3.8, 4) is 0 Å². The number of hydrogen-bond acceptors (Lipinski definition) is 3. The fraction of sp³-hybridized carbons (Fsp3) is 0.267.